The van der Waals surface area contributed by atoms with Gasteiger partial charge in [-0.25, -0.2) is 9.37 Å². The van der Waals surface area contributed by atoms with E-state index in [4.69, 9.17) is 11.6 Å². The fourth-order valence-corrected chi connectivity index (χ4v) is 2.19. The number of thiazole rings is 1. The third kappa shape index (κ3) is 2.58. The molecule has 0 aliphatic rings. The number of aliphatic hydroxyl groups is 1. The van der Waals surface area contributed by atoms with Crippen LogP contribution in [0.3, 0.4) is 0 Å². The van der Waals surface area contributed by atoms with E-state index >= 15 is 0 Å². The normalized spacial score (nSPS) is 12.7. The number of nitrogens with zero attached hydrogens (tertiary/aromatic N) is 1. The van der Waals surface area contributed by atoms with Gasteiger partial charge in [-0.15, -0.1) is 11.3 Å². The second-order valence-corrected chi connectivity index (χ2v) is 4.52. The van der Waals surface area contributed by atoms with Crippen molar-refractivity contribution in [3.8, 4) is 0 Å². The summed E-state index contributed by atoms with van der Waals surface area (Å²) in [6.07, 6.45) is -0.616. The molecule has 0 fully saturated rings. The van der Waals surface area contributed by atoms with E-state index < -0.39 is 6.10 Å². The van der Waals surface area contributed by atoms with Crippen LogP contribution in [0.1, 0.15) is 17.4 Å². The van der Waals surface area contributed by atoms with E-state index in [0.717, 1.165) is 0 Å². The summed E-state index contributed by atoms with van der Waals surface area (Å²) >= 11 is 7.16. The summed E-state index contributed by atoms with van der Waals surface area (Å²) < 4.78 is 13.4. The molecule has 84 valence electrons. The van der Waals surface area contributed by atoms with Crippen molar-refractivity contribution in [1.29, 1.82) is 0 Å². The van der Waals surface area contributed by atoms with Gasteiger partial charge >= 0.3 is 0 Å². The van der Waals surface area contributed by atoms with Crippen molar-refractivity contribution in [2.24, 2.45) is 0 Å². The van der Waals surface area contributed by atoms with Gasteiger partial charge < -0.3 is 5.11 Å². The molecule has 1 unspecified atom stereocenters. The van der Waals surface area contributed by atoms with Crippen LogP contribution in [0.15, 0.2) is 29.1 Å². The fourth-order valence-electron chi connectivity index (χ4n) is 1.40. The van der Waals surface area contributed by atoms with Crippen LogP contribution in [0.2, 0.25) is 5.02 Å². The van der Waals surface area contributed by atoms with Crippen molar-refractivity contribution in [3.05, 3.63) is 51.2 Å². The molecule has 0 bridgehead atoms. The molecule has 0 saturated carbocycles. The second kappa shape index (κ2) is 4.91. The molecule has 1 aromatic heterocycles. The van der Waals surface area contributed by atoms with Crippen molar-refractivity contribution in [3.63, 3.8) is 0 Å². The average molecular weight is 258 g/mol. The minimum Gasteiger partial charge on any atom is -0.386 e. The molecule has 0 radical (unpaired) electrons. The van der Waals surface area contributed by atoms with Gasteiger partial charge in [-0.05, 0) is 23.8 Å². The van der Waals surface area contributed by atoms with Gasteiger partial charge in [0.2, 0.25) is 0 Å². The monoisotopic (exact) mass is 257 g/mol. The number of rotatable bonds is 3. The van der Waals surface area contributed by atoms with Gasteiger partial charge in [0.15, 0.2) is 0 Å². The predicted molar refractivity (Wildman–Crippen MR) is 62.2 cm³/mol. The zero-order chi connectivity index (χ0) is 11.5. The average Bonchev–Trinajstić information content (AvgIpc) is 2.76. The van der Waals surface area contributed by atoms with Crippen molar-refractivity contribution < 1.29 is 9.50 Å². The van der Waals surface area contributed by atoms with Crippen molar-refractivity contribution in [1.82, 2.24) is 4.98 Å². The van der Waals surface area contributed by atoms with Gasteiger partial charge in [-0.3, -0.25) is 0 Å². The molecular formula is C11H9ClFNOS. The van der Waals surface area contributed by atoms with Crippen molar-refractivity contribution >= 4 is 22.9 Å². The minimum absolute atomic E-state index is 0.177. The summed E-state index contributed by atoms with van der Waals surface area (Å²) in [5, 5.41) is 12.0. The maximum Gasteiger partial charge on any atom is 0.126 e. The number of halogens is 2. The molecule has 1 atom stereocenters. The van der Waals surface area contributed by atoms with E-state index in [1.54, 1.807) is 10.9 Å². The molecule has 2 rings (SSSR count). The number of aromatic nitrogens is 1. The van der Waals surface area contributed by atoms with Gasteiger partial charge in [-0.1, -0.05) is 11.6 Å². The number of aliphatic hydroxyl groups excluding tert-OH is 1. The summed E-state index contributed by atoms with van der Waals surface area (Å²) in [4.78, 5) is 3.98. The summed E-state index contributed by atoms with van der Waals surface area (Å²) in [5.74, 6) is -0.362. The molecule has 2 aromatic rings. The van der Waals surface area contributed by atoms with Crippen LogP contribution in [0.25, 0.3) is 0 Å². The molecule has 1 heterocycles. The van der Waals surface area contributed by atoms with Crippen LogP contribution < -0.4 is 0 Å². The first-order valence-electron chi connectivity index (χ1n) is 4.67. The second-order valence-electron chi connectivity index (χ2n) is 3.37. The lowest BCUT2D eigenvalue weighted by molar-refractivity contribution is 0.173. The summed E-state index contributed by atoms with van der Waals surface area (Å²) in [5.41, 5.74) is 2.59. The molecule has 0 aliphatic carbocycles. The molecule has 0 spiro atoms. The Labute approximate surface area is 101 Å². The highest BCUT2D eigenvalue weighted by atomic mass is 35.5. The first-order chi connectivity index (χ1) is 7.66. The van der Waals surface area contributed by atoms with Crippen LogP contribution in [-0.4, -0.2) is 10.1 Å². The van der Waals surface area contributed by atoms with Gasteiger partial charge in [0.05, 0.1) is 11.2 Å². The first-order valence-corrected chi connectivity index (χ1v) is 5.99. The molecule has 0 amide bonds. The maximum atomic E-state index is 13.4. The van der Waals surface area contributed by atoms with E-state index in [-0.39, 0.29) is 12.2 Å². The lowest BCUT2D eigenvalue weighted by Crippen LogP contribution is -2.03. The molecule has 2 nitrogen and oxygen atoms in total. The molecule has 1 N–H and O–H groups in total. The van der Waals surface area contributed by atoms with E-state index in [2.05, 4.69) is 4.98 Å². The van der Waals surface area contributed by atoms with E-state index in [1.807, 2.05) is 0 Å². The zero-order valence-corrected chi connectivity index (χ0v) is 9.80. The SMILES string of the molecule is OC(Cc1cc(Cl)ccc1F)c1cscn1. The number of hydrogen-bond donors (Lipinski definition) is 1. The molecule has 0 saturated heterocycles. The Morgan fingerprint density at radius 1 is 1.50 bits per heavy atom. The molecule has 5 heteroatoms. The molecule has 0 aliphatic heterocycles. The molecule has 1 aromatic carbocycles. The van der Waals surface area contributed by atoms with Crippen LogP contribution in [0.4, 0.5) is 4.39 Å². The van der Waals surface area contributed by atoms with Gasteiger partial charge in [-0.2, -0.15) is 0 Å². The highest BCUT2D eigenvalue weighted by Crippen LogP contribution is 2.22. The minimum atomic E-state index is -0.792. The smallest absolute Gasteiger partial charge is 0.126 e. The van der Waals surface area contributed by atoms with E-state index in [9.17, 15) is 9.50 Å². The highest BCUT2D eigenvalue weighted by molar-refractivity contribution is 7.07. The predicted octanol–water partition coefficient (Wildman–Crippen LogP) is 3.21. The van der Waals surface area contributed by atoms with E-state index in [0.29, 0.717) is 16.3 Å². The first kappa shape index (κ1) is 11.5. The van der Waals surface area contributed by atoms with Gasteiger partial charge in [0, 0.05) is 16.8 Å². The summed E-state index contributed by atoms with van der Waals surface area (Å²) in [7, 11) is 0. The van der Waals surface area contributed by atoms with E-state index in [1.165, 1.54) is 29.5 Å². The van der Waals surface area contributed by atoms with Crippen LogP contribution in [0.5, 0.6) is 0 Å². The van der Waals surface area contributed by atoms with Crippen LogP contribution in [0, 0.1) is 5.82 Å². The lowest BCUT2D eigenvalue weighted by Gasteiger charge is -2.09. The summed E-state index contributed by atoms with van der Waals surface area (Å²) in [6, 6.07) is 4.30. The standard InChI is InChI=1S/C11H9ClFNOS/c12-8-1-2-9(13)7(3-8)4-11(15)10-5-16-6-14-10/h1-3,5-6,11,15H,4H2. The Morgan fingerprint density at radius 3 is 3.00 bits per heavy atom. The summed E-state index contributed by atoms with van der Waals surface area (Å²) in [6.45, 7) is 0. The topological polar surface area (TPSA) is 33.1 Å². The zero-order valence-electron chi connectivity index (χ0n) is 8.23. The lowest BCUT2D eigenvalue weighted by atomic mass is 10.1. The molecule has 16 heavy (non-hydrogen) atoms. The Hall–Kier alpha value is -0.970. The number of hydrogen-bond acceptors (Lipinski definition) is 3. The van der Waals surface area contributed by atoms with Crippen molar-refractivity contribution in [2.45, 2.75) is 12.5 Å². The Kier molecular flexibility index (Phi) is 3.53. The Bertz CT molecular complexity index is 475. The fraction of sp³-hybridized carbons (Fsp3) is 0.182. The quantitative estimate of drug-likeness (QED) is 0.916. The third-order valence-corrected chi connectivity index (χ3v) is 3.05. The number of benzene rings is 1. The largest absolute Gasteiger partial charge is 0.386 e. The Balaban J connectivity index is 2.17. The van der Waals surface area contributed by atoms with Gasteiger partial charge in [0.1, 0.15) is 11.9 Å². The van der Waals surface area contributed by atoms with Crippen molar-refractivity contribution in [2.75, 3.05) is 0 Å². The Morgan fingerprint density at radius 2 is 2.31 bits per heavy atom. The maximum absolute atomic E-state index is 13.4. The van der Waals surface area contributed by atoms with Crippen LogP contribution in [-0.2, 0) is 6.42 Å². The highest BCUT2D eigenvalue weighted by Gasteiger charge is 2.13. The molecular weight excluding hydrogens is 249 g/mol. The van der Waals surface area contributed by atoms with Gasteiger partial charge in [0.25, 0.3) is 0 Å². The third-order valence-electron chi connectivity index (χ3n) is 2.21. The van der Waals surface area contributed by atoms with Crippen LogP contribution >= 0.6 is 22.9 Å².